The Balaban J connectivity index is 2.50. The molecule has 3 heteroatoms. The predicted octanol–water partition coefficient (Wildman–Crippen LogP) is 2.90. The summed E-state index contributed by atoms with van der Waals surface area (Å²) in [4.78, 5) is 2.39. The molecule has 1 N–H and O–H groups in total. The van der Waals surface area contributed by atoms with Crippen molar-refractivity contribution in [2.45, 2.75) is 45.8 Å². The van der Waals surface area contributed by atoms with Gasteiger partial charge in [0.15, 0.2) is 0 Å². The minimum absolute atomic E-state index is 0.556. The molecule has 0 aliphatic rings. The molecular formula is C16H28N2O. The predicted molar refractivity (Wildman–Crippen MR) is 81.7 cm³/mol. The summed E-state index contributed by atoms with van der Waals surface area (Å²) in [7, 11) is 3.90. The van der Waals surface area contributed by atoms with Gasteiger partial charge in [-0.1, -0.05) is 19.1 Å². The van der Waals surface area contributed by atoms with Crippen LogP contribution in [0.2, 0.25) is 0 Å². The first-order valence-corrected chi connectivity index (χ1v) is 7.13. The summed E-state index contributed by atoms with van der Waals surface area (Å²) >= 11 is 0. The Morgan fingerprint density at radius 3 is 2.68 bits per heavy atom. The van der Waals surface area contributed by atoms with E-state index in [0.717, 1.165) is 25.3 Å². The smallest absolute Gasteiger partial charge is 0.119 e. The molecule has 0 amide bonds. The van der Waals surface area contributed by atoms with E-state index in [4.69, 9.17) is 4.74 Å². The molecule has 0 fully saturated rings. The lowest BCUT2D eigenvalue weighted by molar-refractivity contribution is 0.223. The van der Waals surface area contributed by atoms with Gasteiger partial charge in [-0.05, 0) is 51.6 Å². The van der Waals surface area contributed by atoms with E-state index in [9.17, 15) is 0 Å². The minimum atomic E-state index is 0.556. The lowest BCUT2D eigenvalue weighted by Crippen LogP contribution is -2.36. The third kappa shape index (κ3) is 5.62. The molecule has 2 unspecified atom stereocenters. The molecule has 3 nitrogen and oxygen atoms in total. The number of hydrogen-bond donors (Lipinski definition) is 1. The molecule has 0 bridgehead atoms. The fourth-order valence-electron chi connectivity index (χ4n) is 2.34. The maximum atomic E-state index is 5.26. The van der Waals surface area contributed by atoms with Crippen molar-refractivity contribution in [3.05, 3.63) is 29.8 Å². The highest BCUT2D eigenvalue weighted by molar-refractivity contribution is 5.28. The number of methoxy groups -OCH3 is 1. The zero-order valence-corrected chi connectivity index (χ0v) is 12.9. The molecule has 1 aromatic carbocycles. The zero-order chi connectivity index (χ0) is 14.3. The molecule has 1 rings (SSSR count). The highest BCUT2D eigenvalue weighted by Gasteiger charge is 2.13. The largest absolute Gasteiger partial charge is 0.497 e. The second kappa shape index (κ2) is 8.18. The van der Waals surface area contributed by atoms with E-state index < -0.39 is 0 Å². The van der Waals surface area contributed by atoms with Crippen molar-refractivity contribution < 1.29 is 4.74 Å². The van der Waals surface area contributed by atoms with E-state index in [1.54, 1.807) is 7.11 Å². The average Bonchev–Trinajstić information content (AvgIpc) is 2.39. The van der Waals surface area contributed by atoms with Crippen LogP contribution in [0.25, 0.3) is 0 Å². The molecule has 0 saturated carbocycles. The summed E-state index contributed by atoms with van der Waals surface area (Å²) in [6, 6.07) is 9.41. The van der Waals surface area contributed by atoms with Gasteiger partial charge in [0.1, 0.15) is 5.75 Å². The fraction of sp³-hybridized carbons (Fsp3) is 0.625. The van der Waals surface area contributed by atoms with Crippen LogP contribution in [-0.2, 0) is 6.54 Å². The second-order valence-corrected chi connectivity index (χ2v) is 5.31. The van der Waals surface area contributed by atoms with E-state index in [1.807, 2.05) is 12.1 Å². The van der Waals surface area contributed by atoms with Crippen molar-refractivity contribution >= 4 is 0 Å². The molecule has 0 saturated heterocycles. The summed E-state index contributed by atoms with van der Waals surface area (Å²) in [6.07, 6.45) is 1.16. The highest BCUT2D eigenvalue weighted by atomic mass is 16.5. The van der Waals surface area contributed by atoms with Crippen molar-refractivity contribution in [1.82, 2.24) is 10.2 Å². The average molecular weight is 264 g/mol. The highest BCUT2D eigenvalue weighted by Crippen LogP contribution is 2.15. The summed E-state index contributed by atoms with van der Waals surface area (Å²) in [5, 5.41) is 3.47. The molecule has 108 valence electrons. The molecule has 1 aromatic rings. The van der Waals surface area contributed by atoms with E-state index >= 15 is 0 Å². The van der Waals surface area contributed by atoms with Crippen molar-refractivity contribution in [2.75, 3.05) is 20.7 Å². The Labute approximate surface area is 118 Å². The van der Waals surface area contributed by atoms with Crippen LogP contribution in [0.4, 0.5) is 0 Å². The molecule has 0 aliphatic heterocycles. The van der Waals surface area contributed by atoms with E-state index in [0.29, 0.717) is 12.1 Å². The van der Waals surface area contributed by atoms with Crippen LogP contribution in [0.5, 0.6) is 5.75 Å². The first-order chi connectivity index (χ1) is 9.06. The fourth-order valence-corrected chi connectivity index (χ4v) is 2.34. The number of benzene rings is 1. The van der Waals surface area contributed by atoms with Crippen molar-refractivity contribution in [2.24, 2.45) is 0 Å². The summed E-state index contributed by atoms with van der Waals surface area (Å²) < 4.78 is 5.26. The molecule has 19 heavy (non-hydrogen) atoms. The normalized spacial score (nSPS) is 14.4. The first-order valence-electron chi connectivity index (χ1n) is 7.13. The van der Waals surface area contributed by atoms with Gasteiger partial charge < -0.3 is 10.1 Å². The van der Waals surface area contributed by atoms with Gasteiger partial charge in [-0.2, -0.15) is 0 Å². The molecule has 0 aliphatic carbocycles. The van der Waals surface area contributed by atoms with Crippen LogP contribution in [0, 0.1) is 0 Å². The molecule has 2 atom stereocenters. The number of rotatable bonds is 8. The zero-order valence-electron chi connectivity index (χ0n) is 12.9. The molecule has 0 heterocycles. The van der Waals surface area contributed by atoms with Crippen LogP contribution in [0.15, 0.2) is 24.3 Å². The van der Waals surface area contributed by atoms with Crippen molar-refractivity contribution in [3.8, 4) is 5.75 Å². The van der Waals surface area contributed by atoms with Crippen LogP contribution in [0.1, 0.15) is 32.8 Å². The Morgan fingerprint density at radius 2 is 2.05 bits per heavy atom. The standard InChI is InChI=1S/C16H28N2O/c1-6-17-13(2)10-14(3)18(4)12-15-8-7-9-16(11-15)19-5/h7-9,11,13-14,17H,6,10,12H2,1-5H3. The van der Waals surface area contributed by atoms with E-state index in [2.05, 4.69) is 50.2 Å². The van der Waals surface area contributed by atoms with Gasteiger partial charge >= 0.3 is 0 Å². The Hall–Kier alpha value is -1.06. The number of nitrogens with one attached hydrogen (secondary N) is 1. The SMILES string of the molecule is CCNC(C)CC(C)N(C)Cc1cccc(OC)c1. The van der Waals surface area contributed by atoms with E-state index in [-0.39, 0.29) is 0 Å². The minimum Gasteiger partial charge on any atom is -0.497 e. The Bertz CT molecular complexity index is 368. The maximum absolute atomic E-state index is 5.26. The van der Waals surface area contributed by atoms with Gasteiger partial charge in [0.2, 0.25) is 0 Å². The van der Waals surface area contributed by atoms with Crippen molar-refractivity contribution in [1.29, 1.82) is 0 Å². The lowest BCUT2D eigenvalue weighted by atomic mass is 10.1. The number of nitrogens with zero attached hydrogens (tertiary/aromatic N) is 1. The Morgan fingerprint density at radius 1 is 1.32 bits per heavy atom. The first kappa shape index (κ1) is 16.0. The van der Waals surface area contributed by atoms with Gasteiger partial charge in [0.05, 0.1) is 7.11 Å². The van der Waals surface area contributed by atoms with Crippen LogP contribution >= 0.6 is 0 Å². The van der Waals surface area contributed by atoms with Crippen LogP contribution in [0.3, 0.4) is 0 Å². The molecule has 0 radical (unpaired) electrons. The number of ether oxygens (including phenoxy) is 1. The Kier molecular flexibility index (Phi) is 6.89. The number of hydrogen-bond acceptors (Lipinski definition) is 3. The molecular weight excluding hydrogens is 236 g/mol. The van der Waals surface area contributed by atoms with Gasteiger partial charge in [-0.25, -0.2) is 0 Å². The molecule has 0 aromatic heterocycles. The van der Waals surface area contributed by atoms with E-state index in [1.165, 1.54) is 5.56 Å². The second-order valence-electron chi connectivity index (χ2n) is 5.31. The third-order valence-corrected chi connectivity index (χ3v) is 3.57. The molecule has 0 spiro atoms. The topological polar surface area (TPSA) is 24.5 Å². The van der Waals surface area contributed by atoms with Gasteiger partial charge in [0.25, 0.3) is 0 Å². The third-order valence-electron chi connectivity index (χ3n) is 3.57. The maximum Gasteiger partial charge on any atom is 0.119 e. The quantitative estimate of drug-likeness (QED) is 0.781. The monoisotopic (exact) mass is 264 g/mol. The summed E-state index contributed by atoms with van der Waals surface area (Å²) in [5.41, 5.74) is 1.30. The van der Waals surface area contributed by atoms with Gasteiger partial charge in [-0.3, -0.25) is 4.90 Å². The van der Waals surface area contributed by atoms with Crippen LogP contribution in [-0.4, -0.2) is 37.7 Å². The van der Waals surface area contributed by atoms with Gasteiger partial charge in [0, 0.05) is 18.6 Å². The van der Waals surface area contributed by atoms with Gasteiger partial charge in [-0.15, -0.1) is 0 Å². The summed E-state index contributed by atoms with van der Waals surface area (Å²) in [5.74, 6) is 0.930. The lowest BCUT2D eigenvalue weighted by Gasteiger charge is -2.27. The summed E-state index contributed by atoms with van der Waals surface area (Å²) in [6.45, 7) is 8.68. The van der Waals surface area contributed by atoms with Crippen molar-refractivity contribution in [3.63, 3.8) is 0 Å². The van der Waals surface area contributed by atoms with Crippen LogP contribution < -0.4 is 10.1 Å².